The molecule has 0 aliphatic rings. The van der Waals surface area contributed by atoms with Crippen LogP contribution in [0.4, 0.5) is 0 Å². The first-order valence-electron chi connectivity index (χ1n) is 5.01. The summed E-state index contributed by atoms with van der Waals surface area (Å²) in [5, 5.41) is 22.5. The number of fused-ring (bicyclic) bond motifs is 1. The Hall–Kier alpha value is -2.19. The number of aromatic hydroxyl groups is 1. The van der Waals surface area contributed by atoms with E-state index in [0.29, 0.717) is 21.7 Å². The lowest BCUT2D eigenvalue weighted by atomic mass is 10.2. The highest BCUT2D eigenvalue weighted by Crippen LogP contribution is 2.29. The molecule has 3 aromatic rings. The molecule has 2 aromatic heterocycles. The molecule has 3 rings (SSSR count). The summed E-state index contributed by atoms with van der Waals surface area (Å²) in [6.07, 6.45) is 1.17. The molecule has 0 atom stereocenters. The number of nitrogens with zero attached hydrogens (tertiary/aromatic N) is 4. The number of hydrogen-bond donors (Lipinski definition) is 2. The number of rotatable bonds is 2. The van der Waals surface area contributed by atoms with Gasteiger partial charge in [0.1, 0.15) is 16.7 Å². The molecular formula is C10H5ClN4O3S. The summed E-state index contributed by atoms with van der Waals surface area (Å²) in [7, 11) is 0. The van der Waals surface area contributed by atoms with Gasteiger partial charge >= 0.3 is 5.97 Å². The molecule has 0 bridgehead atoms. The maximum atomic E-state index is 10.9. The lowest BCUT2D eigenvalue weighted by molar-refractivity contribution is 0.0687. The SMILES string of the molecule is O=C(O)c1nn(-c2c(Cl)ccc3nsnc23)cc1O. The molecular weight excluding hydrogens is 292 g/mol. The third kappa shape index (κ3) is 1.81. The number of carboxylic acids is 1. The van der Waals surface area contributed by atoms with Gasteiger partial charge in [-0.1, -0.05) is 11.6 Å². The largest absolute Gasteiger partial charge is 0.504 e. The molecule has 0 amide bonds. The van der Waals surface area contributed by atoms with E-state index in [1.165, 1.54) is 10.9 Å². The van der Waals surface area contributed by atoms with E-state index in [1.54, 1.807) is 12.1 Å². The van der Waals surface area contributed by atoms with Gasteiger partial charge in [-0.3, -0.25) is 0 Å². The van der Waals surface area contributed by atoms with Gasteiger partial charge in [0, 0.05) is 0 Å². The van der Waals surface area contributed by atoms with Crippen LogP contribution in [0.15, 0.2) is 18.3 Å². The average Bonchev–Trinajstić information content (AvgIpc) is 2.95. The number of halogens is 1. The Labute approximate surface area is 115 Å². The maximum Gasteiger partial charge on any atom is 0.360 e. The van der Waals surface area contributed by atoms with Crippen molar-refractivity contribution in [1.82, 2.24) is 18.5 Å². The van der Waals surface area contributed by atoms with Gasteiger partial charge in [0.15, 0.2) is 5.75 Å². The van der Waals surface area contributed by atoms with E-state index in [2.05, 4.69) is 13.8 Å². The van der Waals surface area contributed by atoms with Gasteiger partial charge in [-0.2, -0.15) is 13.8 Å². The zero-order chi connectivity index (χ0) is 13.6. The van der Waals surface area contributed by atoms with Crippen molar-refractivity contribution in [3.8, 4) is 11.4 Å². The van der Waals surface area contributed by atoms with Crippen molar-refractivity contribution in [2.24, 2.45) is 0 Å². The van der Waals surface area contributed by atoms with Crippen LogP contribution in [0.3, 0.4) is 0 Å². The summed E-state index contributed by atoms with van der Waals surface area (Å²) in [5.74, 6) is -1.76. The van der Waals surface area contributed by atoms with Gasteiger partial charge in [0.2, 0.25) is 5.69 Å². The van der Waals surface area contributed by atoms with Crippen molar-refractivity contribution >= 4 is 40.3 Å². The molecule has 0 aliphatic carbocycles. The quantitative estimate of drug-likeness (QED) is 0.749. The van der Waals surface area contributed by atoms with E-state index in [4.69, 9.17) is 16.7 Å². The van der Waals surface area contributed by atoms with Crippen LogP contribution < -0.4 is 0 Å². The summed E-state index contributed by atoms with van der Waals surface area (Å²) in [6.45, 7) is 0. The highest BCUT2D eigenvalue weighted by Gasteiger charge is 2.19. The van der Waals surface area contributed by atoms with Gasteiger partial charge in [0.05, 0.1) is 22.9 Å². The van der Waals surface area contributed by atoms with Crippen LogP contribution in [0, 0.1) is 0 Å². The number of aromatic nitrogens is 4. The predicted octanol–water partition coefficient (Wildman–Crippen LogP) is 1.93. The second-order valence-corrected chi connectivity index (χ2v) is 4.58. The zero-order valence-corrected chi connectivity index (χ0v) is 10.7. The Bertz CT molecular complexity index is 797. The van der Waals surface area contributed by atoms with E-state index in [9.17, 15) is 9.90 Å². The fourth-order valence-corrected chi connectivity index (χ4v) is 2.44. The maximum absolute atomic E-state index is 10.9. The van der Waals surface area contributed by atoms with Crippen molar-refractivity contribution in [3.05, 3.63) is 29.0 Å². The zero-order valence-electron chi connectivity index (χ0n) is 9.11. The van der Waals surface area contributed by atoms with Crippen molar-refractivity contribution in [3.63, 3.8) is 0 Å². The van der Waals surface area contributed by atoms with Crippen LogP contribution in [-0.2, 0) is 0 Å². The summed E-state index contributed by atoms with van der Waals surface area (Å²) >= 11 is 7.09. The first kappa shape index (κ1) is 11.9. The molecule has 96 valence electrons. The molecule has 0 spiro atoms. The third-order valence-corrected chi connectivity index (χ3v) is 3.33. The molecule has 0 saturated carbocycles. The fourth-order valence-electron chi connectivity index (χ4n) is 1.66. The van der Waals surface area contributed by atoms with E-state index in [1.807, 2.05) is 0 Å². The second kappa shape index (κ2) is 4.18. The van der Waals surface area contributed by atoms with Crippen LogP contribution >= 0.6 is 23.3 Å². The first-order chi connectivity index (χ1) is 9.08. The fraction of sp³-hybridized carbons (Fsp3) is 0. The lowest BCUT2D eigenvalue weighted by Gasteiger charge is -2.03. The summed E-state index contributed by atoms with van der Waals surface area (Å²) in [6, 6.07) is 3.31. The first-order valence-corrected chi connectivity index (χ1v) is 6.12. The van der Waals surface area contributed by atoms with Crippen LogP contribution in [0.25, 0.3) is 16.7 Å². The number of hydrogen-bond acceptors (Lipinski definition) is 6. The number of aromatic carboxylic acids is 1. The van der Waals surface area contributed by atoms with E-state index >= 15 is 0 Å². The van der Waals surface area contributed by atoms with Crippen molar-refractivity contribution in [2.75, 3.05) is 0 Å². The van der Waals surface area contributed by atoms with Crippen LogP contribution in [0.5, 0.6) is 5.75 Å². The highest BCUT2D eigenvalue weighted by molar-refractivity contribution is 7.00. The van der Waals surface area contributed by atoms with Crippen molar-refractivity contribution in [2.45, 2.75) is 0 Å². The van der Waals surface area contributed by atoms with Gasteiger partial charge in [-0.15, -0.1) is 0 Å². The summed E-state index contributed by atoms with van der Waals surface area (Å²) in [5.41, 5.74) is 1.06. The Balaban J connectivity index is 2.29. The Morgan fingerprint density at radius 3 is 2.84 bits per heavy atom. The monoisotopic (exact) mass is 296 g/mol. The molecule has 0 aliphatic heterocycles. The topological polar surface area (TPSA) is 101 Å². The van der Waals surface area contributed by atoms with Gasteiger partial charge in [-0.25, -0.2) is 9.48 Å². The number of benzene rings is 1. The lowest BCUT2D eigenvalue weighted by Crippen LogP contribution is -2.02. The van der Waals surface area contributed by atoms with Crippen molar-refractivity contribution < 1.29 is 15.0 Å². The number of carbonyl (C=O) groups is 1. The second-order valence-electron chi connectivity index (χ2n) is 3.64. The highest BCUT2D eigenvalue weighted by atomic mass is 35.5. The van der Waals surface area contributed by atoms with Gasteiger partial charge < -0.3 is 10.2 Å². The van der Waals surface area contributed by atoms with Crippen LogP contribution in [-0.4, -0.2) is 34.7 Å². The molecule has 19 heavy (non-hydrogen) atoms. The number of carboxylic acid groups (broad SMARTS) is 1. The summed E-state index contributed by atoms with van der Waals surface area (Å²) < 4.78 is 9.34. The molecule has 0 saturated heterocycles. The smallest absolute Gasteiger partial charge is 0.360 e. The van der Waals surface area contributed by atoms with E-state index in [-0.39, 0.29) is 0 Å². The molecule has 9 heteroatoms. The van der Waals surface area contributed by atoms with Crippen LogP contribution in [0.1, 0.15) is 10.5 Å². The van der Waals surface area contributed by atoms with Crippen LogP contribution in [0.2, 0.25) is 5.02 Å². The minimum absolute atomic E-state index is 0.333. The average molecular weight is 297 g/mol. The Morgan fingerprint density at radius 1 is 1.37 bits per heavy atom. The van der Waals surface area contributed by atoms with Gasteiger partial charge in [-0.05, 0) is 12.1 Å². The molecule has 1 aromatic carbocycles. The minimum Gasteiger partial charge on any atom is -0.504 e. The van der Waals surface area contributed by atoms with E-state index < -0.39 is 17.4 Å². The van der Waals surface area contributed by atoms with E-state index in [0.717, 1.165) is 11.7 Å². The molecule has 0 fully saturated rings. The molecule has 2 heterocycles. The normalized spacial score (nSPS) is 11.0. The third-order valence-electron chi connectivity index (χ3n) is 2.48. The molecule has 0 unspecified atom stereocenters. The molecule has 0 radical (unpaired) electrons. The van der Waals surface area contributed by atoms with Crippen molar-refractivity contribution in [1.29, 1.82) is 0 Å². The standard InChI is InChI=1S/C10H5ClN4O3S/c11-4-1-2-5-7(14-19-13-5)9(4)15-3-6(16)8(12-15)10(17)18/h1-3,16H,(H,17,18). The molecule has 2 N–H and O–H groups in total. The Morgan fingerprint density at radius 2 is 2.16 bits per heavy atom. The Kier molecular flexibility index (Phi) is 2.61. The predicted molar refractivity (Wildman–Crippen MR) is 68.2 cm³/mol. The minimum atomic E-state index is -1.32. The summed E-state index contributed by atoms with van der Waals surface area (Å²) in [4.78, 5) is 10.9. The molecule has 7 nitrogen and oxygen atoms in total. The van der Waals surface area contributed by atoms with Gasteiger partial charge in [0.25, 0.3) is 0 Å².